The van der Waals surface area contributed by atoms with Crippen LogP contribution in [0.3, 0.4) is 0 Å². The fourth-order valence-electron chi connectivity index (χ4n) is 5.78. The summed E-state index contributed by atoms with van der Waals surface area (Å²) in [5, 5.41) is 12.2. The van der Waals surface area contributed by atoms with E-state index in [1.807, 2.05) is 22.0 Å². The monoisotopic (exact) mass is 520 g/mol. The van der Waals surface area contributed by atoms with Crippen LogP contribution in [0.1, 0.15) is 41.9 Å². The van der Waals surface area contributed by atoms with E-state index in [0.717, 1.165) is 37.8 Å². The number of amides is 2. The highest BCUT2D eigenvalue weighted by Gasteiger charge is 2.44. The number of alkyl halides is 3. The van der Waals surface area contributed by atoms with E-state index in [4.69, 9.17) is 4.74 Å². The number of nitrogens with one attached hydrogen (secondary N) is 1. The van der Waals surface area contributed by atoms with Gasteiger partial charge in [-0.1, -0.05) is 12.1 Å². The molecule has 0 radical (unpaired) electrons. The first kappa shape index (κ1) is 25.7. The SMILES string of the molecule is O=C(NC1=CC2CN(C3CCC(CO)CC3)C(=O)C2C=C1N1CCOCC1)c1cccc(C(F)(F)F)n1. The van der Waals surface area contributed by atoms with Gasteiger partial charge in [0.25, 0.3) is 5.91 Å². The lowest BCUT2D eigenvalue weighted by Gasteiger charge is -2.35. The van der Waals surface area contributed by atoms with E-state index in [2.05, 4.69) is 10.3 Å². The highest BCUT2D eigenvalue weighted by molar-refractivity contribution is 5.94. The molecule has 2 amide bonds. The zero-order chi connectivity index (χ0) is 26.2. The molecule has 2 unspecified atom stereocenters. The number of nitrogens with zero attached hydrogens (tertiary/aromatic N) is 3. The fourth-order valence-corrected chi connectivity index (χ4v) is 5.78. The maximum atomic E-state index is 13.5. The molecule has 2 saturated heterocycles. The number of ether oxygens (including phenoxy) is 1. The van der Waals surface area contributed by atoms with Crippen LogP contribution in [0.2, 0.25) is 0 Å². The van der Waals surface area contributed by atoms with Gasteiger partial charge < -0.3 is 25.0 Å². The predicted molar refractivity (Wildman–Crippen MR) is 127 cm³/mol. The lowest BCUT2D eigenvalue weighted by Crippen LogP contribution is -2.41. The number of aliphatic hydroxyl groups excluding tert-OH is 1. The standard InChI is InChI=1S/C26H31F3N4O4/c27-26(28,29)23-3-1-2-20(30-23)24(35)31-21-12-17-14-33(18-6-4-16(15-34)5-7-18)25(36)19(17)13-22(21)32-8-10-37-11-9-32/h1-3,12-13,16-19,34H,4-11,14-15H2,(H,31,35). The Bertz CT molecular complexity index is 1090. The molecule has 0 bridgehead atoms. The maximum absolute atomic E-state index is 13.5. The van der Waals surface area contributed by atoms with Crippen LogP contribution in [0.5, 0.6) is 0 Å². The second-order valence-electron chi connectivity index (χ2n) is 10.1. The Labute approximate surface area is 213 Å². The highest BCUT2D eigenvalue weighted by atomic mass is 19.4. The number of fused-ring (bicyclic) bond motifs is 1. The first-order valence-electron chi connectivity index (χ1n) is 12.8. The third kappa shape index (κ3) is 5.38. The van der Waals surface area contributed by atoms with Crippen molar-refractivity contribution in [2.45, 2.75) is 37.9 Å². The summed E-state index contributed by atoms with van der Waals surface area (Å²) in [5.41, 5.74) is -0.297. The van der Waals surface area contributed by atoms with Crippen LogP contribution in [-0.2, 0) is 15.7 Å². The number of carbonyl (C=O) groups excluding carboxylic acids is 2. The van der Waals surface area contributed by atoms with Gasteiger partial charge in [-0.2, -0.15) is 13.2 Å². The molecule has 2 N–H and O–H groups in total. The average molecular weight is 521 g/mol. The Morgan fingerprint density at radius 2 is 1.86 bits per heavy atom. The first-order valence-corrected chi connectivity index (χ1v) is 12.8. The third-order valence-electron chi connectivity index (χ3n) is 7.82. The summed E-state index contributed by atoms with van der Waals surface area (Å²) in [7, 11) is 0. The molecule has 0 spiro atoms. The van der Waals surface area contributed by atoms with Gasteiger partial charge in [-0.25, -0.2) is 4.98 Å². The van der Waals surface area contributed by atoms with E-state index >= 15 is 0 Å². The quantitative estimate of drug-likeness (QED) is 0.620. The second kappa shape index (κ2) is 10.4. The molecule has 3 fully saturated rings. The van der Waals surface area contributed by atoms with Crippen molar-refractivity contribution in [3.05, 3.63) is 53.1 Å². The molecular weight excluding hydrogens is 489 g/mol. The van der Waals surface area contributed by atoms with Crippen LogP contribution in [0.4, 0.5) is 13.2 Å². The van der Waals surface area contributed by atoms with Gasteiger partial charge >= 0.3 is 6.18 Å². The van der Waals surface area contributed by atoms with Crippen molar-refractivity contribution in [2.24, 2.45) is 17.8 Å². The Balaban J connectivity index is 1.38. The van der Waals surface area contributed by atoms with Gasteiger partial charge in [0.15, 0.2) is 0 Å². The molecule has 5 rings (SSSR count). The summed E-state index contributed by atoms with van der Waals surface area (Å²) in [4.78, 5) is 33.9. The number of rotatable bonds is 5. The van der Waals surface area contributed by atoms with Crippen molar-refractivity contribution >= 4 is 11.8 Å². The van der Waals surface area contributed by atoms with Gasteiger partial charge in [-0.3, -0.25) is 9.59 Å². The Kier molecular flexibility index (Phi) is 7.26. The zero-order valence-corrected chi connectivity index (χ0v) is 20.4. The van der Waals surface area contributed by atoms with Crippen molar-refractivity contribution < 1.29 is 32.6 Å². The number of aliphatic hydroxyl groups is 1. The summed E-state index contributed by atoms with van der Waals surface area (Å²) < 4.78 is 44.8. The number of likely N-dealkylation sites (tertiary alicyclic amines) is 1. The minimum absolute atomic E-state index is 0.0596. The van der Waals surface area contributed by atoms with Crippen molar-refractivity contribution in [1.29, 1.82) is 0 Å². The normalized spacial score (nSPS) is 28.5. The number of carbonyl (C=O) groups is 2. The van der Waals surface area contributed by atoms with Crippen molar-refractivity contribution in [2.75, 3.05) is 39.5 Å². The topological polar surface area (TPSA) is 95.0 Å². The van der Waals surface area contributed by atoms with E-state index in [9.17, 15) is 27.9 Å². The molecule has 1 aromatic rings. The lowest BCUT2D eigenvalue weighted by molar-refractivity contribution is -0.141. The lowest BCUT2D eigenvalue weighted by atomic mass is 9.86. The molecule has 1 aromatic heterocycles. The highest BCUT2D eigenvalue weighted by Crippen LogP contribution is 2.39. The van der Waals surface area contributed by atoms with Crippen molar-refractivity contribution in [1.82, 2.24) is 20.1 Å². The third-order valence-corrected chi connectivity index (χ3v) is 7.82. The Morgan fingerprint density at radius 3 is 2.54 bits per heavy atom. The molecule has 4 aliphatic rings. The van der Waals surface area contributed by atoms with E-state index in [1.165, 1.54) is 6.07 Å². The van der Waals surface area contributed by atoms with Crippen LogP contribution >= 0.6 is 0 Å². The van der Waals surface area contributed by atoms with Crippen LogP contribution in [0, 0.1) is 17.8 Å². The molecule has 8 nitrogen and oxygen atoms in total. The Morgan fingerprint density at radius 1 is 1.14 bits per heavy atom. The van der Waals surface area contributed by atoms with Crippen molar-refractivity contribution in [3.8, 4) is 0 Å². The van der Waals surface area contributed by atoms with Gasteiger partial charge in [-0.15, -0.1) is 0 Å². The molecule has 0 aromatic carbocycles. The molecule has 2 aliphatic carbocycles. The van der Waals surface area contributed by atoms with Crippen LogP contribution in [-0.4, -0.2) is 77.2 Å². The van der Waals surface area contributed by atoms with Crippen LogP contribution < -0.4 is 5.32 Å². The summed E-state index contributed by atoms with van der Waals surface area (Å²) in [6.45, 7) is 2.82. The fraction of sp³-hybridized carbons (Fsp3) is 0.577. The van der Waals surface area contributed by atoms with Gasteiger partial charge in [0.05, 0.1) is 30.5 Å². The zero-order valence-electron chi connectivity index (χ0n) is 20.4. The molecule has 37 heavy (non-hydrogen) atoms. The van der Waals surface area contributed by atoms with Crippen molar-refractivity contribution in [3.63, 3.8) is 0 Å². The van der Waals surface area contributed by atoms with Crippen LogP contribution in [0.25, 0.3) is 0 Å². The molecule has 2 aliphatic heterocycles. The van der Waals surface area contributed by atoms with Gasteiger partial charge in [-0.05, 0) is 49.8 Å². The second-order valence-corrected chi connectivity index (χ2v) is 10.1. The molecule has 1 saturated carbocycles. The van der Waals surface area contributed by atoms with Gasteiger partial charge in [0.2, 0.25) is 5.91 Å². The van der Waals surface area contributed by atoms with E-state index in [1.54, 1.807) is 0 Å². The first-order chi connectivity index (χ1) is 17.7. The van der Waals surface area contributed by atoms with Crippen LogP contribution in [0.15, 0.2) is 41.7 Å². The summed E-state index contributed by atoms with van der Waals surface area (Å²) >= 11 is 0. The number of hydrogen-bond donors (Lipinski definition) is 2. The summed E-state index contributed by atoms with van der Waals surface area (Å²) in [5.74, 6) is -0.906. The van der Waals surface area contributed by atoms with Gasteiger partial charge in [0, 0.05) is 38.2 Å². The molecule has 3 heterocycles. The number of hydrogen-bond acceptors (Lipinski definition) is 6. The smallest absolute Gasteiger partial charge is 0.396 e. The van der Waals surface area contributed by atoms with Gasteiger partial charge in [0.1, 0.15) is 11.4 Å². The predicted octanol–water partition coefficient (Wildman–Crippen LogP) is 2.57. The van der Waals surface area contributed by atoms with E-state index in [-0.39, 0.29) is 42.0 Å². The minimum atomic E-state index is -4.66. The number of halogens is 3. The number of pyridine rings is 1. The summed E-state index contributed by atoms with van der Waals surface area (Å²) in [6, 6.07) is 3.36. The largest absolute Gasteiger partial charge is 0.433 e. The number of morpholine rings is 1. The molecule has 11 heteroatoms. The number of aromatic nitrogens is 1. The molecule has 2 atom stereocenters. The van der Waals surface area contributed by atoms with E-state index in [0.29, 0.717) is 44.2 Å². The average Bonchev–Trinajstić information content (AvgIpc) is 3.23. The molecule has 200 valence electrons. The molecular formula is C26H31F3N4O4. The minimum Gasteiger partial charge on any atom is -0.396 e. The summed E-state index contributed by atoms with van der Waals surface area (Å²) in [6.07, 6.45) is 2.59. The maximum Gasteiger partial charge on any atom is 0.433 e. The van der Waals surface area contributed by atoms with E-state index < -0.39 is 17.8 Å². The Hall–Kier alpha value is -2.92.